The second-order valence-electron chi connectivity index (χ2n) is 4.72. The smallest absolute Gasteiger partial charge is 0.334 e. The van der Waals surface area contributed by atoms with E-state index < -0.39 is 12.8 Å². The molecule has 0 radical (unpaired) electrons. The summed E-state index contributed by atoms with van der Waals surface area (Å²) in [5, 5.41) is 2.87. The van der Waals surface area contributed by atoms with Gasteiger partial charge in [0.2, 0.25) is 0 Å². The van der Waals surface area contributed by atoms with Crippen LogP contribution in [0.5, 0.6) is 0 Å². The van der Waals surface area contributed by atoms with Gasteiger partial charge < -0.3 is 14.3 Å². The van der Waals surface area contributed by atoms with Crippen molar-refractivity contribution in [2.75, 3.05) is 0 Å². The molecule has 0 fully saturated rings. The number of hydrogen-bond donors (Lipinski definition) is 2. The average molecular weight is 331 g/mol. The van der Waals surface area contributed by atoms with Crippen LogP contribution in [0.25, 0.3) is 11.5 Å². The summed E-state index contributed by atoms with van der Waals surface area (Å²) in [4.78, 5) is 23.5. The molecule has 2 N–H and O–H groups in total. The van der Waals surface area contributed by atoms with E-state index >= 15 is 0 Å². The van der Waals surface area contributed by atoms with Crippen molar-refractivity contribution in [2.24, 2.45) is 0 Å². The van der Waals surface area contributed by atoms with Crippen LogP contribution in [0.3, 0.4) is 0 Å². The molecule has 0 saturated heterocycles. The van der Waals surface area contributed by atoms with Gasteiger partial charge in [-0.1, -0.05) is 36.7 Å². The van der Waals surface area contributed by atoms with Crippen molar-refractivity contribution in [2.45, 2.75) is 31.8 Å². The molecule has 0 atom stereocenters. The third-order valence-corrected chi connectivity index (χ3v) is 5.82. The van der Waals surface area contributed by atoms with E-state index in [1.54, 1.807) is 38.1 Å². The van der Waals surface area contributed by atoms with Crippen molar-refractivity contribution < 1.29 is 18.9 Å². The van der Waals surface area contributed by atoms with E-state index in [0.29, 0.717) is 10.6 Å². The Morgan fingerprint density at radius 1 is 1.33 bits per heavy atom. The molecule has 0 bridgehead atoms. The van der Waals surface area contributed by atoms with Gasteiger partial charge in [-0.2, -0.15) is 4.98 Å². The number of hydrogen-bond acceptors (Lipinski definition) is 4. The fourth-order valence-electron chi connectivity index (χ4n) is 2.26. The van der Waals surface area contributed by atoms with Gasteiger partial charge in [0.1, 0.15) is 5.16 Å². The third kappa shape index (κ3) is 2.90. The summed E-state index contributed by atoms with van der Waals surface area (Å²) in [5.41, 5.74) is 0.605. The Hall–Kier alpha value is -1.20. The zero-order valence-electron chi connectivity index (χ0n) is 11.7. The molecule has 114 valence electrons. The first-order chi connectivity index (χ1) is 9.84. The van der Waals surface area contributed by atoms with Crippen molar-refractivity contribution in [1.82, 2.24) is 10.1 Å². The number of nitrogens with zero attached hydrogens (tertiary/aromatic N) is 2. The maximum atomic E-state index is 11.9. The lowest BCUT2D eigenvalue weighted by Gasteiger charge is -2.28. The second-order valence-corrected chi connectivity index (χ2v) is 7.10. The maximum absolute atomic E-state index is 11.9. The summed E-state index contributed by atoms with van der Waals surface area (Å²) in [6, 6.07) is 6.83. The minimum absolute atomic E-state index is 0.0239. The van der Waals surface area contributed by atoms with Gasteiger partial charge in [-0.05, 0) is 31.0 Å². The van der Waals surface area contributed by atoms with Crippen LogP contribution in [0.1, 0.15) is 32.5 Å². The Morgan fingerprint density at radius 3 is 2.52 bits per heavy atom. The molecule has 0 unspecified atom stereocenters. The lowest BCUT2D eigenvalue weighted by atomic mass is 10.0. The summed E-state index contributed by atoms with van der Waals surface area (Å²) in [6.07, 6.45) is 0.421. The molecule has 0 spiro atoms. The standard InChI is InChI=1S/C13H16ClN2O4P/c1-3-13(4-2,21(17,18)19)12-15-11(20-16-12)9-6-5-7-10(14)8-9/h5-8H,3-4H2,1-2H3,(H2,17,18,19). The van der Waals surface area contributed by atoms with Crippen LogP contribution >= 0.6 is 19.2 Å². The number of benzene rings is 1. The molecule has 0 saturated carbocycles. The molecule has 0 aliphatic heterocycles. The van der Waals surface area contributed by atoms with Gasteiger partial charge >= 0.3 is 7.60 Å². The first-order valence-corrected chi connectivity index (χ1v) is 8.49. The van der Waals surface area contributed by atoms with E-state index in [1.807, 2.05) is 0 Å². The second kappa shape index (κ2) is 5.89. The molecule has 2 aromatic rings. The minimum atomic E-state index is -4.43. The van der Waals surface area contributed by atoms with Crippen LogP contribution in [0.2, 0.25) is 5.02 Å². The van der Waals surface area contributed by atoms with E-state index in [2.05, 4.69) is 10.1 Å². The van der Waals surface area contributed by atoms with E-state index in [0.717, 1.165) is 0 Å². The van der Waals surface area contributed by atoms with Crippen molar-refractivity contribution in [3.05, 3.63) is 35.1 Å². The van der Waals surface area contributed by atoms with E-state index in [-0.39, 0.29) is 24.6 Å². The largest absolute Gasteiger partial charge is 0.339 e. The van der Waals surface area contributed by atoms with Crippen LogP contribution in [-0.2, 0) is 9.72 Å². The highest BCUT2D eigenvalue weighted by Gasteiger charge is 2.49. The van der Waals surface area contributed by atoms with Gasteiger partial charge in [-0.15, -0.1) is 0 Å². The van der Waals surface area contributed by atoms with E-state index in [1.165, 1.54) is 0 Å². The summed E-state index contributed by atoms with van der Waals surface area (Å²) < 4.78 is 17.0. The van der Waals surface area contributed by atoms with Crippen LogP contribution in [0, 0.1) is 0 Å². The number of aromatic nitrogens is 2. The Bertz CT molecular complexity index is 678. The van der Waals surface area contributed by atoms with Gasteiger partial charge in [0, 0.05) is 10.6 Å². The summed E-state index contributed by atoms with van der Waals surface area (Å²) in [6.45, 7) is 3.38. The third-order valence-electron chi connectivity index (χ3n) is 3.64. The van der Waals surface area contributed by atoms with Crippen LogP contribution in [0.15, 0.2) is 28.8 Å². The highest BCUT2D eigenvalue weighted by molar-refractivity contribution is 7.53. The molecule has 1 aromatic heterocycles. The monoisotopic (exact) mass is 330 g/mol. The average Bonchev–Trinajstić information content (AvgIpc) is 2.89. The Kier molecular flexibility index (Phi) is 4.54. The minimum Gasteiger partial charge on any atom is -0.334 e. The molecule has 0 aliphatic rings. The number of rotatable bonds is 5. The molecule has 1 aromatic carbocycles. The van der Waals surface area contributed by atoms with Crippen molar-refractivity contribution in [3.8, 4) is 11.5 Å². The van der Waals surface area contributed by atoms with Gasteiger partial charge in [-0.25, -0.2) is 0 Å². The first kappa shape index (κ1) is 16.2. The molecule has 21 heavy (non-hydrogen) atoms. The Labute approximate surface area is 127 Å². The highest BCUT2D eigenvalue weighted by Crippen LogP contribution is 2.60. The highest BCUT2D eigenvalue weighted by atomic mass is 35.5. The molecule has 2 rings (SSSR count). The normalized spacial score (nSPS) is 12.6. The molecule has 0 amide bonds. The van der Waals surface area contributed by atoms with Crippen LogP contribution in [-0.4, -0.2) is 19.9 Å². The van der Waals surface area contributed by atoms with E-state index in [9.17, 15) is 14.4 Å². The zero-order valence-corrected chi connectivity index (χ0v) is 13.3. The molecular formula is C13H16ClN2O4P. The first-order valence-electron chi connectivity index (χ1n) is 6.50. The summed E-state index contributed by atoms with van der Waals surface area (Å²) in [7, 11) is -4.43. The van der Waals surface area contributed by atoms with Crippen LogP contribution in [0.4, 0.5) is 0 Å². The predicted octanol–water partition coefficient (Wildman–Crippen LogP) is 3.58. The van der Waals surface area contributed by atoms with Gasteiger partial charge in [0.15, 0.2) is 5.82 Å². The van der Waals surface area contributed by atoms with E-state index in [4.69, 9.17) is 16.1 Å². The van der Waals surface area contributed by atoms with Crippen LogP contribution < -0.4 is 0 Å². The molecule has 0 aliphatic carbocycles. The van der Waals surface area contributed by atoms with Crippen molar-refractivity contribution in [3.63, 3.8) is 0 Å². The van der Waals surface area contributed by atoms with Crippen molar-refractivity contribution in [1.29, 1.82) is 0 Å². The van der Waals surface area contributed by atoms with Gasteiger partial charge in [-0.3, -0.25) is 4.57 Å². The lowest BCUT2D eigenvalue weighted by molar-refractivity contribution is 0.302. The van der Waals surface area contributed by atoms with Gasteiger partial charge in [0.05, 0.1) is 0 Å². The lowest BCUT2D eigenvalue weighted by Crippen LogP contribution is -2.26. The molecule has 8 heteroatoms. The Morgan fingerprint density at radius 2 is 2.00 bits per heavy atom. The fourth-order valence-corrected chi connectivity index (χ4v) is 3.63. The van der Waals surface area contributed by atoms with Gasteiger partial charge in [0.25, 0.3) is 5.89 Å². The molecule has 6 nitrogen and oxygen atoms in total. The maximum Gasteiger partial charge on any atom is 0.339 e. The number of halogens is 1. The predicted molar refractivity (Wildman–Crippen MR) is 79.0 cm³/mol. The zero-order chi connectivity index (χ0) is 15.7. The molecule has 1 heterocycles. The fraction of sp³-hybridized carbons (Fsp3) is 0.385. The summed E-state index contributed by atoms with van der Waals surface area (Å²) in [5.74, 6) is 0.211. The molecular weight excluding hydrogens is 315 g/mol. The quantitative estimate of drug-likeness (QED) is 0.813. The summed E-state index contributed by atoms with van der Waals surface area (Å²) >= 11 is 5.90. The topological polar surface area (TPSA) is 96.5 Å². The Balaban J connectivity index is 2.50. The SMILES string of the molecule is CCC(CC)(c1noc(-c2cccc(Cl)c2)n1)P(=O)(O)O. The van der Waals surface area contributed by atoms with Crippen molar-refractivity contribution >= 4 is 19.2 Å².